The smallest absolute Gasteiger partial charge is 0.225 e. The van der Waals surface area contributed by atoms with Crippen LogP contribution in [0.5, 0.6) is 11.6 Å². The SMILES string of the molecule is Cc1cc(Oc2ccnc(Cl)n2)cc(C)c1Cl. The van der Waals surface area contributed by atoms with E-state index in [1.807, 2.05) is 26.0 Å². The molecule has 1 heterocycles. The lowest BCUT2D eigenvalue weighted by Gasteiger charge is -2.08. The number of ether oxygens (including phenoxy) is 1. The average molecular weight is 269 g/mol. The molecular formula is C12H10Cl2N2O. The maximum Gasteiger partial charge on any atom is 0.225 e. The Morgan fingerprint density at radius 2 is 1.76 bits per heavy atom. The van der Waals surface area contributed by atoms with Gasteiger partial charge in [0.05, 0.1) is 0 Å². The molecule has 3 nitrogen and oxygen atoms in total. The summed E-state index contributed by atoms with van der Waals surface area (Å²) >= 11 is 11.8. The number of benzene rings is 1. The topological polar surface area (TPSA) is 35.0 Å². The van der Waals surface area contributed by atoms with Crippen LogP contribution in [0.3, 0.4) is 0 Å². The Kier molecular flexibility index (Phi) is 3.50. The van der Waals surface area contributed by atoms with Crippen molar-refractivity contribution in [3.8, 4) is 11.6 Å². The molecule has 0 radical (unpaired) electrons. The van der Waals surface area contributed by atoms with Crippen LogP contribution >= 0.6 is 23.2 Å². The van der Waals surface area contributed by atoms with Crippen molar-refractivity contribution in [2.75, 3.05) is 0 Å². The van der Waals surface area contributed by atoms with Gasteiger partial charge in [-0.05, 0) is 48.7 Å². The summed E-state index contributed by atoms with van der Waals surface area (Å²) in [5, 5.41) is 0.906. The van der Waals surface area contributed by atoms with Crippen molar-refractivity contribution in [3.05, 3.63) is 45.8 Å². The normalized spacial score (nSPS) is 10.4. The van der Waals surface area contributed by atoms with E-state index in [0.717, 1.165) is 16.1 Å². The lowest BCUT2D eigenvalue weighted by atomic mass is 10.1. The molecule has 0 unspecified atom stereocenters. The standard InChI is InChI=1S/C12H10Cl2N2O/c1-7-5-9(6-8(2)11(7)13)17-10-3-4-15-12(14)16-10/h3-6H,1-2H3. The number of aromatic nitrogens is 2. The Balaban J connectivity index is 2.31. The van der Waals surface area contributed by atoms with Crippen LogP contribution in [0.2, 0.25) is 10.3 Å². The highest BCUT2D eigenvalue weighted by Gasteiger charge is 2.05. The molecule has 1 aromatic heterocycles. The van der Waals surface area contributed by atoms with E-state index >= 15 is 0 Å². The first kappa shape index (κ1) is 12.1. The monoisotopic (exact) mass is 268 g/mol. The molecule has 0 atom stereocenters. The predicted octanol–water partition coefficient (Wildman–Crippen LogP) is 4.19. The molecule has 0 bridgehead atoms. The van der Waals surface area contributed by atoms with Crippen LogP contribution in [0.25, 0.3) is 0 Å². The number of hydrogen-bond donors (Lipinski definition) is 0. The van der Waals surface area contributed by atoms with E-state index < -0.39 is 0 Å². The fourth-order valence-corrected chi connectivity index (χ4v) is 1.71. The van der Waals surface area contributed by atoms with Gasteiger partial charge in [-0.2, -0.15) is 4.98 Å². The lowest BCUT2D eigenvalue weighted by molar-refractivity contribution is 0.461. The molecule has 88 valence electrons. The summed E-state index contributed by atoms with van der Waals surface area (Å²) in [4.78, 5) is 7.73. The van der Waals surface area contributed by atoms with Crippen LogP contribution < -0.4 is 4.74 Å². The van der Waals surface area contributed by atoms with Crippen LogP contribution in [0.4, 0.5) is 0 Å². The van der Waals surface area contributed by atoms with Gasteiger partial charge >= 0.3 is 0 Å². The van der Waals surface area contributed by atoms with Crippen molar-refractivity contribution in [1.29, 1.82) is 0 Å². The van der Waals surface area contributed by atoms with Gasteiger partial charge in [0, 0.05) is 17.3 Å². The van der Waals surface area contributed by atoms with Crippen LogP contribution in [0, 0.1) is 13.8 Å². The van der Waals surface area contributed by atoms with E-state index in [4.69, 9.17) is 27.9 Å². The minimum absolute atomic E-state index is 0.157. The van der Waals surface area contributed by atoms with Gasteiger partial charge < -0.3 is 4.74 Å². The third kappa shape index (κ3) is 2.87. The van der Waals surface area contributed by atoms with Crippen LogP contribution in [0.15, 0.2) is 24.4 Å². The van der Waals surface area contributed by atoms with E-state index in [2.05, 4.69) is 9.97 Å². The van der Waals surface area contributed by atoms with E-state index in [0.29, 0.717) is 11.6 Å². The second kappa shape index (κ2) is 4.90. The highest BCUT2D eigenvalue weighted by Crippen LogP contribution is 2.28. The fraction of sp³-hybridized carbons (Fsp3) is 0.167. The zero-order valence-electron chi connectivity index (χ0n) is 9.37. The summed E-state index contributed by atoms with van der Waals surface area (Å²) in [5.74, 6) is 1.09. The third-order valence-corrected chi connectivity index (χ3v) is 3.01. The maximum atomic E-state index is 6.08. The lowest BCUT2D eigenvalue weighted by Crippen LogP contribution is -1.91. The second-order valence-electron chi connectivity index (χ2n) is 3.64. The Hall–Kier alpha value is -1.32. The number of rotatable bonds is 2. The number of aryl methyl sites for hydroxylation is 2. The van der Waals surface area contributed by atoms with Gasteiger partial charge in [0.15, 0.2) is 0 Å². The van der Waals surface area contributed by atoms with E-state index in [1.54, 1.807) is 12.3 Å². The molecule has 1 aromatic carbocycles. The highest BCUT2D eigenvalue weighted by molar-refractivity contribution is 6.32. The van der Waals surface area contributed by atoms with Gasteiger partial charge in [-0.3, -0.25) is 0 Å². The minimum atomic E-state index is 0.157. The largest absolute Gasteiger partial charge is 0.439 e. The highest BCUT2D eigenvalue weighted by atomic mass is 35.5. The molecule has 0 aliphatic rings. The number of halogens is 2. The van der Waals surface area contributed by atoms with Crippen molar-refractivity contribution in [2.45, 2.75) is 13.8 Å². The molecule has 0 spiro atoms. The summed E-state index contributed by atoms with van der Waals surface area (Å²) in [6, 6.07) is 5.35. The first-order valence-electron chi connectivity index (χ1n) is 4.99. The van der Waals surface area contributed by atoms with Crippen molar-refractivity contribution in [2.24, 2.45) is 0 Å². The Morgan fingerprint density at radius 3 is 2.35 bits per heavy atom. The number of hydrogen-bond acceptors (Lipinski definition) is 3. The molecule has 0 N–H and O–H groups in total. The molecule has 0 aliphatic heterocycles. The molecule has 0 aliphatic carbocycles. The maximum absolute atomic E-state index is 6.08. The summed E-state index contributed by atoms with van der Waals surface area (Å²) in [6.45, 7) is 3.85. The first-order valence-corrected chi connectivity index (χ1v) is 5.75. The summed E-state index contributed by atoms with van der Waals surface area (Å²) in [6.07, 6.45) is 1.54. The molecule has 0 saturated heterocycles. The second-order valence-corrected chi connectivity index (χ2v) is 4.35. The Morgan fingerprint density at radius 1 is 1.12 bits per heavy atom. The van der Waals surface area contributed by atoms with E-state index in [-0.39, 0.29) is 5.28 Å². The molecule has 2 rings (SSSR count). The molecule has 0 saturated carbocycles. The average Bonchev–Trinajstić information content (AvgIpc) is 2.26. The van der Waals surface area contributed by atoms with Gasteiger partial charge in [0.25, 0.3) is 0 Å². The van der Waals surface area contributed by atoms with Crippen molar-refractivity contribution in [1.82, 2.24) is 9.97 Å². The zero-order valence-corrected chi connectivity index (χ0v) is 10.9. The molecular weight excluding hydrogens is 259 g/mol. The molecule has 0 amide bonds. The Labute approximate surface area is 109 Å². The summed E-state index contributed by atoms with van der Waals surface area (Å²) in [5.41, 5.74) is 1.92. The van der Waals surface area contributed by atoms with Crippen LogP contribution in [-0.4, -0.2) is 9.97 Å². The molecule has 2 aromatic rings. The fourth-order valence-electron chi connectivity index (χ4n) is 1.46. The van der Waals surface area contributed by atoms with Crippen LogP contribution in [-0.2, 0) is 0 Å². The van der Waals surface area contributed by atoms with Crippen molar-refractivity contribution >= 4 is 23.2 Å². The van der Waals surface area contributed by atoms with Gasteiger partial charge in [0.1, 0.15) is 5.75 Å². The third-order valence-electron chi connectivity index (χ3n) is 2.23. The van der Waals surface area contributed by atoms with Crippen LogP contribution in [0.1, 0.15) is 11.1 Å². The zero-order chi connectivity index (χ0) is 12.4. The first-order chi connectivity index (χ1) is 8.06. The van der Waals surface area contributed by atoms with E-state index in [9.17, 15) is 0 Å². The summed E-state index contributed by atoms with van der Waals surface area (Å²) in [7, 11) is 0. The van der Waals surface area contributed by atoms with Gasteiger partial charge in [-0.25, -0.2) is 4.98 Å². The summed E-state index contributed by atoms with van der Waals surface area (Å²) < 4.78 is 5.58. The molecule has 0 fully saturated rings. The molecule has 5 heteroatoms. The molecule has 17 heavy (non-hydrogen) atoms. The predicted molar refractivity (Wildman–Crippen MR) is 68.0 cm³/mol. The van der Waals surface area contributed by atoms with Gasteiger partial charge in [0.2, 0.25) is 11.2 Å². The van der Waals surface area contributed by atoms with Gasteiger partial charge in [-0.1, -0.05) is 11.6 Å². The van der Waals surface area contributed by atoms with Crippen molar-refractivity contribution in [3.63, 3.8) is 0 Å². The van der Waals surface area contributed by atoms with E-state index in [1.165, 1.54) is 0 Å². The Bertz CT molecular complexity index is 535. The quantitative estimate of drug-likeness (QED) is 0.766. The van der Waals surface area contributed by atoms with Gasteiger partial charge in [-0.15, -0.1) is 0 Å². The number of nitrogens with zero attached hydrogens (tertiary/aromatic N) is 2. The minimum Gasteiger partial charge on any atom is -0.439 e. The van der Waals surface area contributed by atoms with Crippen molar-refractivity contribution < 1.29 is 4.74 Å².